The van der Waals surface area contributed by atoms with Gasteiger partial charge in [0.15, 0.2) is 0 Å². The van der Waals surface area contributed by atoms with Crippen LogP contribution in [0.5, 0.6) is 11.5 Å². The zero-order chi connectivity index (χ0) is 17.2. The largest absolute Gasteiger partial charge is 0.508 e. The smallest absolute Gasteiger partial charge is 0.122 e. The standard InChI is InChI=1S/C21H26O2/c1-6-17-12-16(13-18(20(17)23)21(3,4)5)8-7-15-9-10-19(22)14(2)11-15/h7-13,22-23H,6H2,1-5H3. The van der Waals surface area contributed by atoms with Crippen molar-refractivity contribution >= 4 is 12.2 Å². The lowest BCUT2D eigenvalue weighted by molar-refractivity contribution is 0.441. The van der Waals surface area contributed by atoms with E-state index >= 15 is 0 Å². The second-order valence-electron chi connectivity index (χ2n) is 7.06. The van der Waals surface area contributed by atoms with Crippen molar-refractivity contribution in [2.45, 2.75) is 46.5 Å². The summed E-state index contributed by atoms with van der Waals surface area (Å²) in [5.41, 5.74) is 4.83. The van der Waals surface area contributed by atoms with E-state index in [0.717, 1.165) is 34.2 Å². The van der Waals surface area contributed by atoms with Crippen LogP contribution in [0.2, 0.25) is 0 Å². The van der Waals surface area contributed by atoms with Crippen molar-refractivity contribution in [3.8, 4) is 11.5 Å². The van der Waals surface area contributed by atoms with Crippen LogP contribution in [0, 0.1) is 6.92 Å². The number of aryl methyl sites for hydroxylation is 2. The third kappa shape index (κ3) is 3.95. The molecule has 0 saturated heterocycles. The summed E-state index contributed by atoms with van der Waals surface area (Å²) in [6.07, 6.45) is 4.89. The Morgan fingerprint density at radius 1 is 0.957 bits per heavy atom. The molecule has 2 aromatic rings. The highest BCUT2D eigenvalue weighted by molar-refractivity contribution is 5.72. The Morgan fingerprint density at radius 2 is 1.61 bits per heavy atom. The summed E-state index contributed by atoms with van der Waals surface area (Å²) >= 11 is 0. The van der Waals surface area contributed by atoms with Gasteiger partial charge < -0.3 is 10.2 Å². The molecule has 2 rings (SSSR count). The molecule has 2 aromatic carbocycles. The quantitative estimate of drug-likeness (QED) is 0.741. The van der Waals surface area contributed by atoms with Crippen molar-refractivity contribution in [2.24, 2.45) is 0 Å². The van der Waals surface area contributed by atoms with Crippen LogP contribution in [0.1, 0.15) is 55.5 Å². The van der Waals surface area contributed by atoms with Gasteiger partial charge in [0.25, 0.3) is 0 Å². The summed E-state index contributed by atoms with van der Waals surface area (Å²) in [6.45, 7) is 10.3. The normalized spacial score (nSPS) is 12.0. The van der Waals surface area contributed by atoms with E-state index in [2.05, 4.69) is 39.8 Å². The van der Waals surface area contributed by atoms with Gasteiger partial charge in [0.1, 0.15) is 11.5 Å². The Morgan fingerprint density at radius 3 is 2.17 bits per heavy atom. The average molecular weight is 310 g/mol. The van der Waals surface area contributed by atoms with Crippen LogP contribution in [0.15, 0.2) is 30.3 Å². The van der Waals surface area contributed by atoms with E-state index in [1.165, 1.54) is 0 Å². The highest BCUT2D eigenvalue weighted by Crippen LogP contribution is 2.35. The Hall–Kier alpha value is -2.22. The van der Waals surface area contributed by atoms with Crippen LogP contribution in [0.25, 0.3) is 12.2 Å². The fourth-order valence-corrected chi connectivity index (χ4v) is 2.63. The van der Waals surface area contributed by atoms with E-state index in [0.29, 0.717) is 11.5 Å². The molecular formula is C21H26O2. The van der Waals surface area contributed by atoms with E-state index in [1.807, 2.05) is 31.2 Å². The van der Waals surface area contributed by atoms with Gasteiger partial charge in [0.05, 0.1) is 0 Å². The van der Waals surface area contributed by atoms with Gasteiger partial charge in [-0.05, 0) is 65.3 Å². The van der Waals surface area contributed by atoms with Gasteiger partial charge in [0.2, 0.25) is 0 Å². The minimum Gasteiger partial charge on any atom is -0.508 e. The molecule has 0 unspecified atom stereocenters. The molecule has 0 heterocycles. The molecule has 2 nitrogen and oxygen atoms in total. The highest BCUT2D eigenvalue weighted by Gasteiger charge is 2.20. The van der Waals surface area contributed by atoms with E-state index in [4.69, 9.17) is 0 Å². The highest BCUT2D eigenvalue weighted by atomic mass is 16.3. The van der Waals surface area contributed by atoms with E-state index in [1.54, 1.807) is 6.07 Å². The zero-order valence-corrected chi connectivity index (χ0v) is 14.6. The predicted molar refractivity (Wildman–Crippen MR) is 98.0 cm³/mol. The molecule has 0 atom stereocenters. The van der Waals surface area contributed by atoms with Crippen LogP contribution in [0.4, 0.5) is 0 Å². The van der Waals surface area contributed by atoms with Crippen molar-refractivity contribution < 1.29 is 10.2 Å². The molecule has 0 aliphatic rings. The molecule has 23 heavy (non-hydrogen) atoms. The van der Waals surface area contributed by atoms with Gasteiger partial charge in [-0.2, -0.15) is 0 Å². The lowest BCUT2D eigenvalue weighted by atomic mass is 9.83. The molecular weight excluding hydrogens is 284 g/mol. The van der Waals surface area contributed by atoms with Crippen molar-refractivity contribution in [2.75, 3.05) is 0 Å². The Kier molecular flexibility index (Phi) is 4.84. The van der Waals surface area contributed by atoms with Crippen molar-refractivity contribution in [1.82, 2.24) is 0 Å². The van der Waals surface area contributed by atoms with Crippen LogP contribution in [-0.2, 0) is 11.8 Å². The zero-order valence-electron chi connectivity index (χ0n) is 14.6. The maximum Gasteiger partial charge on any atom is 0.122 e. The molecule has 122 valence electrons. The van der Waals surface area contributed by atoms with Gasteiger partial charge in [-0.25, -0.2) is 0 Å². The summed E-state index contributed by atoms with van der Waals surface area (Å²) in [6, 6.07) is 9.65. The number of phenolic OH excluding ortho intramolecular Hbond substituents is 2. The summed E-state index contributed by atoms with van der Waals surface area (Å²) in [4.78, 5) is 0. The third-order valence-corrected chi connectivity index (χ3v) is 4.09. The minimum atomic E-state index is -0.104. The number of rotatable bonds is 3. The SMILES string of the molecule is CCc1cc(C=Cc2ccc(O)c(C)c2)cc(C(C)(C)C)c1O. The van der Waals surface area contributed by atoms with Gasteiger partial charge in [0, 0.05) is 5.56 Å². The average Bonchev–Trinajstić information content (AvgIpc) is 2.48. The fraction of sp³-hybridized carbons (Fsp3) is 0.333. The second-order valence-corrected chi connectivity index (χ2v) is 7.06. The fourth-order valence-electron chi connectivity index (χ4n) is 2.63. The van der Waals surface area contributed by atoms with Gasteiger partial charge in [-0.15, -0.1) is 0 Å². The molecule has 2 N–H and O–H groups in total. The number of hydrogen-bond acceptors (Lipinski definition) is 2. The molecule has 0 saturated carbocycles. The maximum absolute atomic E-state index is 10.4. The van der Waals surface area contributed by atoms with Crippen molar-refractivity contribution in [1.29, 1.82) is 0 Å². The minimum absolute atomic E-state index is 0.104. The first-order chi connectivity index (χ1) is 10.7. The molecule has 0 aliphatic carbocycles. The van der Waals surface area contributed by atoms with Gasteiger partial charge >= 0.3 is 0 Å². The first-order valence-electron chi connectivity index (χ1n) is 8.06. The van der Waals surface area contributed by atoms with Crippen LogP contribution in [0.3, 0.4) is 0 Å². The van der Waals surface area contributed by atoms with E-state index in [-0.39, 0.29) is 5.41 Å². The third-order valence-electron chi connectivity index (χ3n) is 4.09. The maximum atomic E-state index is 10.4. The second kappa shape index (κ2) is 6.49. The number of benzene rings is 2. The predicted octanol–water partition coefficient (Wildman–Crippen LogP) is 5.44. The topological polar surface area (TPSA) is 40.5 Å². The summed E-state index contributed by atoms with van der Waals surface area (Å²) in [5, 5.41) is 20.1. The van der Waals surface area contributed by atoms with Gasteiger partial charge in [-0.3, -0.25) is 0 Å². The summed E-state index contributed by atoms with van der Waals surface area (Å²) < 4.78 is 0. The van der Waals surface area contributed by atoms with Gasteiger partial charge in [-0.1, -0.05) is 45.9 Å². The number of phenols is 2. The van der Waals surface area contributed by atoms with Crippen molar-refractivity contribution in [3.05, 3.63) is 58.1 Å². The molecule has 0 aliphatic heterocycles. The first kappa shape index (κ1) is 17.1. The van der Waals surface area contributed by atoms with E-state index in [9.17, 15) is 10.2 Å². The van der Waals surface area contributed by atoms with Crippen LogP contribution >= 0.6 is 0 Å². The molecule has 0 fully saturated rings. The summed E-state index contributed by atoms with van der Waals surface area (Å²) in [5.74, 6) is 0.729. The van der Waals surface area contributed by atoms with Crippen LogP contribution < -0.4 is 0 Å². The number of hydrogen-bond donors (Lipinski definition) is 2. The molecule has 0 radical (unpaired) electrons. The molecule has 0 aromatic heterocycles. The lowest BCUT2D eigenvalue weighted by Gasteiger charge is -2.22. The molecule has 0 bridgehead atoms. The number of aromatic hydroxyl groups is 2. The molecule has 2 heteroatoms. The Balaban J connectivity index is 2.43. The van der Waals surface area contributed by atoms with Crippen molar-refractivity contribution in [3.63, 3.8) is 0 Å². The lowest BCUT2D eigenvalue weighted by Crippen LogP contribution is -2.12. The first-order valence-corrected chi connectivity index (χ1v) is 8.06. The molecule has 0 amide bonds. The Bertz CT molecular complexity index is 734. The Labute approximate surface area is 139 Å². The van der Waals surface area contributed by atoms with Crippen LogP contribution in [-0.4, -0.2) is 10.2 Å². The molecule has 0 spiro atoms. The monoisotopic (exact) mass is 310 g/mol. The summed E-state index contributed by atoms with van der Waals surface area (Å²) in [7, 11) is 0. The van der Waals surface area contributed by atoms with E-state index < -0.39 is 0 Å².